The summed E-state index contributed by atoms with van der Waals surface area (Å²) in [6.45, 7) is 9.75. The molecule has 0 bridgehead atoms. The van der Waals surface area contributed by atoms with Gasteiger partial charge in [0.2, 0.25) is 5.91 Å². The number of anilines is 2. The van der Waals surface area contributed by atoms with E-state index in [1.54, 1.807) is 0 Å². The Morgan fingerprint density at radius 1 is 1.07 bits per heavy atom. The normalized spacial score (nSPS) is 17.7. The molecule has 0 spiro atoms. The van der Waals surface area contributed by atoms with Gasteiger partial charge in [0.15, 0.2) is 0 Å². The van der Waals surface area contributed by atoms with Crippen molar-refractivity contribution in [2.24, 2.45) is 5.92 Å². The molecule has 1 amide bonds. The number of carbonyl (C=O) groups excluding carboxylic acids is 1. The average molecular weight is 454 g/mol. The van der Waals surface area contributed by atoms with Gasteiger partial charge in [-0.1, -0.05) is 19.1 Å². The van der Waals surface area contributed by atoms with Crippen molar-refractivity contribution in [3.63, 3.8) is 0 Å². The zero-order valence-electron chi connectivity index (χ0n) is 16.7. The summed E-state index contributed by atoms with van der Waals surface area (Å²) in [6, 6.07) is 8.23. The summed E-state index contributed by atoms with van der Waals surface area (Å²) in [4.78, 5) is 17.3. The van der Waals surface area contributed by atoms with Gasteiger partial charge >= 0.3 is 0 Å². The molecule has 2 N–H and O–H groups in total. The summed E-state index contributed by atoms with van der Waals surface area (Å²) in [5, 5.41) is 6.55. The summed E-state index contributed by atoms with van der Waals surface area (Å²) < 4.78 is 0. The van der Waals surface area contributed by atoms with E-state index < -0.39 is 0 Å². The fraction of sp³-hybridized carbons (Fsp3) is 0.650. The number of carbonyl (C=O) groups is 1. The van der Waals surface area contributed by atoms with Crippen LogP contribution in [0.1, 0.15) is 32.6 Å². The molecular formula is C20H35Cl3N4O. The van der Waals surface area contributed by atoms with Gasteiger partial charge < -0.3 is 20.4 Å². The lowest BCUT2D eigenvalue weighted by Crippen LogP contribution is -2.46. The maximum Gasteiger partial charge on any atom is 0.224 e. The highest BCUT2D eigenvalue weighted by Crippen LogP contribution is 2.27. The lowest BCUT2D eigenvalue weighted by atomic mass is 9.93. The lowest BCUT2D eigenvalue weighted by Gasteiger charge is -2.36. The van der Waals surface area contributed by atoms with Gasteiger partial charge in [-0.05, 0) is 56.9 Å². The van der Waals surface area contributed by atoms with Crippen molar-refractivity contribution in [3.05, 3.63) is 24.3 Å². The van der Waals surface area contributed by atoms with Crippen LogP contribution in [0.5, 0.6) is 0 Å². The highest BCUT2D eigenvalue weighted by Gasteiger charge is 2.19. The number of rotatable bonds is 6. The molecule has 2 heterocycles. The van der Waals surface area contributed by atoms with Crippen LogP contribution < -0.4 is 15.5 Å². The lowest BCUT2D eigenvalue weighted by molar-refractivity contribution is -0.116. The van der Waals surface area contributed by atoms with E-state index in [1.165, 1.54) is 12.8 Å². The van der Waals surface area contributed by atoms with Crippen molar-refractivity contribution < 1.29 is 4.79 Å². The predicted octanol–water partition coefficient (Wildman–Crippen LogP) is 3.81. The predicted molar refractivity (Wildman–Crippen MR) is 126 cm³/mol. The molecule has 0 atom stereocenters. The first-order valence-electron chi connectivity index (χ1n) is 9.83. The molecule has 1 aromatic rings. The second kappa shape index (κ2) is 14.3. The van der Waals surface area contributed by atoms with Crippen LogP contribution in [-0.2, 0) is 4.79 Å². The number of hydrogen-bond acceptors (Lipinski definition) is 4. The highest BCUT2D eigenvalue weighted by molar-refractivity contribution is 5.94. The number of hydrogen-bond donors (Lipinski definition) is 2. The Balaban J connectivity index is 0.00000243. The molecule has 1 aromatic carbocycles. The Morgan fingerprint density at radius 3 is 2.36 bits per heavy atom. The molecule has 0 aromatic heterocycles. The van der Waals surface area contributed by atoms with Crippen LogP contribution in [0.2, 0.25) is 0 Å². The molecule has 5 nitrogen and oxygen atoms in total. The van der Waals surface area contributed by atoms with Crippen molar-refractivity contribution in [2.75, 3.05) is 56.0 Å². The molecular weight excluding hydrogens is 419 g/mol. The van der Waals surface area contributed by atoms with Crippen LogP contribution in [0.3, 0.4) is 0 Å². The minimum Gasteiger partial charge on any atom is -0.367 e. The standard InChI is InChI=1S/C20H32N4O.3ClH/c1-2-23-13-15-24(16-14-23)19-6-4-3-5-18(19)22-20(25)8-7-17-9-11-21-12-10-17;;;/h3-6,17,21H,2,7-16H2,1H3,(H,22,25);3*1H. The van der Waals surface area contributed by atoms with E-state index in [2.05, 4.69) is 39.5 Å². The summed E-state index contributed by atoms with van der Waals surface area (Å²) in [6.07, 6.45) is 4.03. The van der Waals surface area contributed by atoms with Gasteiger partial charge in [-0.2, -0.15) is 0 Å². The molecule has 8 heteroatoms. The van der Waals surface area contributed by atoms with Crippen molar-refractivity contribution in [3.8, 4) is 0 Å². The molecule has 162 valence electrons. The van der Waals surface area contributed by atoms with Gasteiger partial charge in [0.25, 0.3) is 0 Å². The third-order valence-corrected chi connectivity index (χ3v) is 5.58. The van der Waals surface area contributed by atoms with E-state index in [0.717, 1.165) is 63.6 Å². The molecule has 0 aliphatic carbocycles. The smallest absolute Gasteiger partial charge is 0.224 e. The van der Waals surface area contributed by atoms with Crippen LogP contribution in [0.25, 0.3) is 0 Å². The second-order valence-corrected chi connectivity index (χ2v) is 7.22. The highest BCUT2D eigenvalue weighted by atomic mass is 35.5. The van der Waals surface area contributed by atoms with E-state index in [4.69, 9.17) is 0 Å². The number of likely N-dealkylation sites (N-methyl/N-ethyl adjacent to an activating group) is 1. The largest absolute Gasteiger partial charge is 0.367 e. The quantitative estimate of drug-likeness (QED) is 0.687. The fourth-order valence-corrected chi connectivity index (χ4v) is 3.88. The molecule has 28 heavy (non-hydrogen) atoms. The zero-order chi connectivity index (χ0) is 17.5. The number of piperazine rings is 1. The van der Waals surface area contributed by atoms with E-state index in [-0.39, 0.29) is 43.1 Å². The zero-order valence-corrected chi connectivity index (χ0v) is 19.1. The van der Waals surface area contributed by atoms with Crippen LogP contribution >= 0.6 is 37.2 Å². The van der Waals surface area contributed by atoms with Gasteiger partial charge in [0, 0.05) is 32.6 Å². The summed E-state index contributed by atoms with van der Waals surface area (Å²) in [5.41, 5.74) is 2.12. The molecule has 0 saturated carbocycles. The molecule has 2 fully saturated rings. The molecule has 2 aliphatic heterocycles. The number of halogens is 3. The first kappa shape index (κ1) is 27.3. The molecule has 2 saturated heterocycles. The van der Waals surface area contributed by atoms with Crippen LogP contribution in [-0.4, -0.2) is 56.6 Å². The number of amides is 1. The Bertz CT molecular complexity index is 562. The molecule has 0 radical (unpaired) electrons. The number of benzene rings is 1. The van der Waals surface area contributed by atoms with Gasteiger partial charge in [0.1, 0.15) is 0 Å². The topological polar surface area (TPSA) is 47.6 Å². The summed E-state index contributed by atoms with van der Waals surface area (Å²) in [5.74, 6) is 0.850. The monoisotopic (exact) mass is 452 g/mol. The van der Waals surface area contributed by atoms with Gasteiger partial charge in [-0.15, -0.1) is 37.2 Å². The Morgan fingerprint density at radius 2 is 1.71 bits per heavy atom. The minimum absolute atomic E-state index is 0. The SMILES string of the molecule is CCN1CCN(c2ccccc2NC(=O)CCC2CCNCC2)CC1.Cl.Cl.Cl. The van der Waals surface area contributed by atoms with Gasteiger partial charge in [0.05, 0.1) is 11.4 Å². The maximum atomic E-state index is 12.4. The van der Waals surface area contributed by atoms with Crippen molar-refractivity contribution in [1.82, 2.24) is 10.2 Å². The van der Waals surface area contributed by atoms with Crippen LogP contribution in [0.4, 0.5) is 11.4 Å². The van der Waals surface area contributed by atoms with Gasteiger partial charge in [-0.3, -0.25) is 4.79 Å². The Kier molecular flexibility index (Phi) is 13.9. The summed E-state index contributed by atoms with van der Waals surface area (Å²) in [7, 11) is 0. The molecule has 3 rings (SSSR count). The van der Waals surface area contributed by atoms with E-state index in [0.29, 0.717) is 12.3 Å². The first-order chi connectivity index (χ1) is 12.3. The van der Waals surface area contributed by atoms with Crippen LogP contribution in [0.15, 0.2) is 24.3 Å². The number of nitrogens with zero attached hydrogens (tertiary/aromatic N) is 2. The fourth-order valence-electron chi connectivity index (χ4n) is 3.88. The minimum atomic E-state index is 0. The Hall–Kier alpha value is -0.720. The van der Waals surface area contributed by atoms with Crippen molar-refractivity contribution in [1.29, 1.82) is 0 Å². The number of nitrogens with one attached hydrogen (secondary N) is 2. The van der Waals surface area contributed by atoms with E-state index in [9.17, 15) is 4.79 Å². The van der Waals surface area contributed by atoms with E-state index >= 15 is 0 Å². The maximum absolute atomic E-state index is 12.4. The van der Waals surface area contributed by atoms with E-state index in [1.807, 2.05) is 12.1 Å². The Labute approximate surface area is 188 Å². The average Bonchev–Trinajstić information content (AvgIpc) is 2.68. The first-order valence-corrected chi connectivity index (χ1v) is 9.83. The third kappa shape index (κ3) is 7.96. The third-order valence-electron chi connectivity index (χ3n) is 5.58. The number of para-hydroxylation sites is 2. The van der Waals surface area contributed by atoms with Crippen LogP contribution in [0, 0.1) is 5.92 Å². The molecule has 2 aliphatic rings. The number of piperidine rings is 1. The van der Waals surface area contributed by atoms with Gasteiger partial charge in [-0.25, -0.2) is 0 Å². The molecule has 0 unspecified atom stereocenters. The summed E-state index contributed by atoms with van der Waals surface area (Å²) >= 11 is 0. The van der Waals surface area contributed by atoms with Crippen molar-refractivity contribution in [2.45, 2.75) is 32.6 Å². The van der Waals surface area contributed by atoms with Crippen molar-refractivity contribution >= 4 is 54.5 Å². The second-order valence-electron chi connectivity index (χ2n) is 7.22.